The lowest BCUT2D eigenvalue weighted by Crippen LogP contribution is -2.32. The minimum absolute atomic E-state index is 0.305. The molecule has 17 heavy (non-hydrogen) atoms. The highest BCUT2D eigenvalue weighted by molar-refractivity contribution is 7.81. The fraction of sp³-hybridized carbons (Fsp3) is 0.615. The summed E-state index contributed by atoms with van der Waals surface area (Å²) in [6.07, 6.45) is 8.39. The fourth-order valence-electron chi connectivity index (χ4n) is 2.38. The highest BCUT2D eigenvalue weighted by Crippen LogP contribution is 2.31. The van der Waals surface area contributed by atoms with Crippen molar-refractivity contribution in [1.29, 1.82) is 0 Å². The lowest BCUT2D eigenvalue weighted by Gasteiger charge is -2.33. The predicted molar refractivity (Wildman–Crippen MR) is 73.4 cm³/mol. The van der Waals surface area contributed by atoms with Gasteiger partial charge in [0, 0.05) is 18.8 Å². The molecule has 94 valence electrons. The number of aliphatic hydroxyl groups excluding tert-OH is 1. The van der Waals surface area contributed by atoms with E-state index in [1.54, 1.807) is 0 Å². The lowest BCUT2D eigenvalue weighted by atomic mass is 9.97. The molecular weight excluding hydrogens is 232 g/mol. The van der Waals surface area contributed by atoms with Crippen molar-refractivity contribution in [3.05, 3.63) is 23.9 Å². The Balaban J connectivity index is 1.90. The van der Waals surface area contributed by atoms with Crippen LogP contribution in [-0.4, -0.2) is 22.7 Å². The second-order valence-corrected chi connectivity index (χ2v) is 5.03. The molecule has 1 aromatic heterocycles. The highest BCUT2D eigenvalue weighted by Gasteiger charge is 2.24. The number of aliphatic hydroxyl groups is 1. The van der Waals surface area contributed by atoms with E-state index in [0.717, 1.165) is 44.3 Å². The van der Waals surface area contributed by atoms with Crippen LogP contribution in [0.5, 0.6) is 0 Å². The first-order valence-corrected chi connectivity index (χ1v) is 6.76. The van der Waals surface area contributed by atoms with Gasteiger partial charge >= 0.3 is 0 Å². The molecule has 0 saturated heterocycles. The quantitative estimate of drug-likeness (QED) is 0.625. The van der Waals surface area contributed by atoms with Gasteiger partial charge in [0.25, 0.3) is 0 Å². The maximum atomic E-state index is 8.75. The Morgan fingerprint density at radius 2 is 2.29 bits per heavy atom. The van der Waals surface area contributed by atoms with Gasteiger partial charge in [-0.15, -0.1) is 0 Å². The number of unbranched alkanes of at least 4 members (excludes halogenated alkanes) is 2. The molecule has 1 atom stereocenters. The van der Waals surface area contributed by atoms with Crippen molar-refractivity contribution < 1.29 is 5.11 Å². The van der Waals surface area contributed by atoms with E-state index in [9.17, 15) is 0 Å². The molecule has 0 radical (unpaired) electrons. The van der Waals surface area contributed by atoms with E-state index >= 15 is 0 Å². The van der Waals surface area contributed by atoms with Gasteiger partial charge in [0.2, 0.25) is 0 Å². The number of nitrogens with zero attached hydrogens (tertiary/aromatic N) is 2. The summed E-state index contributed by atoms with van der Waals surface area (Å²) < 4.78 is 2.03. The molecule has 1 aromatic rings. The molecular formula is C13H20N2OS. The van der Waals surface area contributed by atoms with Crippen LogP contribution in [0.2, 0.25) is 0 Å². The third-order valence-corrected chi connectivity index (χ3v) is 3.89. The molecule has 0 amide bonds. The monoisotopic (exact) mass is 252 g/mol. The first-order valence-electron chi connectivity index (χ1n) is 6.36. The molecule has 2 heterocycles. The largest absolute Gasteiger partial charge is 0.396 e. The second kappa shape index (κ2) is 6.26. The van der Waals surface area contributed by atoms with Gasteiger partial charge in [-0.25, -0.2) is 4.98 Å². The zero-order valence-electron chi connectivity index (χ0n) is 10.0. The van der Waals surface area contributed by atoms with Crippen LogP contribution in [0.1, 0.15) is 37.7 Å². The topological polar surface area (TPSA) is 36.4 Å². The molecule has 3 nitrogen and oxygen atoms in total. The number of thiol groups is 1. The number of hydrogen-bond acceptors (Lipinski definition) is 4. The number of fused-ring (bicyclic) bond motifs is 1. The third-order valence-electron chi connectivity index (χ3n) is 3.37. The Labute approximate surface area is 108 Å². The Hall–Kier alpha value is -0.740. The van der Waals surface area contributed by atoms with E-state index in [1.807, 2.05) is 16.6 Å². The minimum atomic E-state index is 0.305. The molecule has 0 aliphatic carbocycles. The average Bonchev–Trinajstić information content (AvgIpc) is 2.37. The third kappa shape index (κ3) is 3.13. The first-order chi connectivity index (χ1) is 8.33. The number of aromatic nitrogens is 1. The van der Waals surface area contributed by atoms with Crippen molar-refractivity contribution in [2.24, 2.45) is 0 Å². The summed E-state index contributed by atoms with van der Waals surface area (Å²) >= 11 is 4.58. The molecule has 1 N–H and O–H groups in total. The summed E-state index contributed by atoms with van der Waals surface area (Å²) in [6, 6.07) is 4.61. The van der Waals surface area contributed by atoms with Gasteiger partial charge < -0.3 is 5.11 Å². The van der Waals surface area contributed by atoms with Crippen LogP contribution in [0.25, 0.3) is 0 Å². The summed E-state index contributed by atoms with van der Waals surface area (Å²) in [7, 11) is 0. The predicted octanol–water partition coefficient (Wildman–Crippen LogP) is 2.60. The van der Waals surface area contributed by atoms with Crippen molar-refractivity contribution in [1.82, 2.24) is 4.98 Å². The lowest BCUT2D eigenvalue weighted by molar-refractivity contribution is 0.281. The van der Waals surface area contributed by atoms with E-state index in [0.29, 0.717) is 12.6 Å². The van der Waals surface area contributed by atoms with E-state index in [4.69, 9.17) is 5.11 Å². The van der Waals surface area contributed by atoms with Gasteiger partial charge in [-0.1, -0.05) is 31.7 Å². The molecule has 0 fully saturated rings. The molecule has 4 heteroatoms. The van der Waals surface area contributed by atoms with Crippen LogP contribution in [0.3, 0.4) is 0 Å². The van der Waals surface area contributed by atoms with Crippen LogP contribution in [0.15, 0.2) is 18.3 Å². The number of rotatable bonds is 5. The second-order valence-electron chi connectivity index (χ2n) is 4.60. The Kier molecular flexibility index (Phi) is 4.68. The Bertz CT molecular complexity index is 359. The van der Waals surface area contributed by atoms with Crippen molar-refractivity contribution >= 4 is 18.6 Å². The maximum Gasteiger partial charge on any atom is 0.141 e. The molecule has 1 aliphatic rings. The van der Waals surface area contributed by atoms with Crippen molar-refractivity contribution in [3.63, 3.8) is 0 Å². The standard InChI is InChI=1S/C13H20N2OS/c16-10-3-1-2-6-12-8-7-11-5-4-9-14-13(11)15(12)17/h4-5,9,12,16-17H,1-3,6-8,10H2/t12-/m0/s1. The van der Waals surface area contributed by atoms with Gasteiger partial charge in [-0.05, 0) is 37.3 Å². The van der Waals surface area contributed by atoms with E-state index in [1.165, 1.54) is 5.56 Å². The molecule has 2 rings (SSSR count). The summed E-state index contributed by atoms with van der Waals surface area (Å²) in [5, 5.41) is 8.75. The minimum Gasteiger partial charge on any atom is -0.396 e. The van der Waals surface area contributed by atoms with E-state index in [-0.39, 0.29) is 0 Å². The van der Waals surface area contributed by atoms with Gasteiger partial charge in [-0.3, -0.25) is 4.31 Å². The molecule has 0 bridgehead atoms. The van der Waals surface area contributed by atoms with Crippen LogP contribution in [0.4, 0.5) is 5.82 Å². The number of aryl methyl sites for hydroxylation is 1. The molecule has 0 aromatic carbocycles. The molecule has 0 unspecified atom stereocenters. The van der Waals surface area contributed by atoms with E-state index < -0.39 is 0 Å². The van der Waals surface area contributed by atoms with Gasteiger partial charge in [0.15, 0.2) is 0 Å². The first kappa shape index (κ1) is 12.7. The van der Waals surface area contributed by atoms with Gasteiger partial charge in [-0.2, -0.15) is 0 Å². The smallest absolute Gasteiger partial charge is 0.141 e. The normalized spacial score (nSPS) is 19.2. The number of anilines is 1. The van der Waals surface area contributed by atoms with Crippen LogP contribution >= 0.6 is 12.8 Å². The summed E-state index contributed by atoms with van der Waals surface area (Å²) in [5.74, 6) is 1.02. The van der Waals surface area contributed by atoms with Crippen LogP contribution in [-0.2, 0) is 6.42 Å². The molecule has 0 saturated carbocycles. The summed E-state index contributed by atoms with van der Waals surface area (Å²) in [6.45, 7) is 0.305. The van der Waals surface area contributed by atoms with Crippen LogP contribution in [0, 0.1) is 0 Å². The average molecular weight is 252 g/mol. The Morgan fingerprint density at radius 1 is 1.41 bits per heavy atom. The Morgan fingerprint density at radius 3 is 3.12 bits per heavy atom. The van der Waals surface area contributed by atoms with Crippen LogP contribution < -0.4 is 4.31 Å². The zero-order chi connectivity index (χ0) is 12.1. The number of hydrogen-bond donors (Lipinski definition) is 2. The fourth-order valence-corrected chi connectivity index (χ4v) is 2.80. The number of pyridine rings is 1. The SMILES string of the molecule is OCCCCC[C@H]1CCc2cccnc2N1S. The van der Waals surface area contributed by atoms with Crippen molar-refractivity contribution in [3.8, 4) is 0 Å². The van der Waals surface area contributed by atoms with Gasteiger partial charge in [0.1, 0.15) is 5.82 Å². The maximum absolute atomic E-state index is 8.75. The zero-order valence-corrected chi connectivity index (χ0v) is 10.9. The molecule has 1 aliphatic heterocycles. The van der Waals surface area contributed by atoms with E-state index in [2.05, 4.69) is 23.9 Å². The summed E-state index contributed by atoms with van der Waals surface area (Å²) in [4.78, 5) is 4.40. The summed E-state index contributed by atoms with van der Waals surface area (Å²) in [5.41, 5.74) is 1.30. The molecule has 0 spiro atoms. The van der Waals surface area contributed by atoms with Crippen molar-refractivity contribution in [2.75, 3.05) is 10.9 Å². The highest BCUT2D eigenvalue weighted by atomic mass is 32.1. The van der Waals surface area contributed by atoms with Crippen molar-refractivity contribution in [2.45, 2.75) is 44.6 Å². The van der Waals surface area contributed by atoms with Gasteiger partial charge in [0.05, 0.1) is 0 Å².